The summed E-state index contributed by atoms with van der Waals surface area (Å²) in [6.45, 7) is 7.06. The van der Waals surface area contributed by atoms with Gasteiger partial charge in [-0.2, -0.15) is 4.99 Å². The van der Waals surface area contributed by atoms with Crippen molar-refractivity contribution in [3.8, 4) is 5.75 Å². The van der Waals surface area contributed by atoms with Crippen molar-refractivity contribution in [2.24, 2.45) is 16.5 Å². The molecule has 1 aliphatic heterocycles. The highest BCUT2D eigenvalue weighted by Crippen LogP contribution is 2.44. The van der Waals surface area contributed by atoms with Crippen molar-refractivity contribution in [2.75, 3.05) is 4.90 Å². The number of guanidine groups is 1. The van der Waals surface area contributed by atoms with Crippen molar-refractivity contribution in [2.45, 2.75) is 39.3 Å². The maximum Gasteiger partial charge on any atom is 0.280 e. The van der Waals surface area contributed by atoms with Crippen LogP contribution in [-0.2, 0) is 4.79 Å². The van der Waals surface area contributed by atoms with Gasteiger partial charge in [0.05, 0.1) is 10.7 Å². The fourth-order valence-corrected chi connectivity index (χ4v) is 2.63. The topological polar surface area (TPSA) is 111 Å². The summed E-state index contributed by atoms with van der Waals surface area (Å²) in [4.78, 5) is 29.7. The van der Waals surface area contributed by atoms with E-state index in [9.17, 15) is 9.59 Å². The van der Waals surface area contributed by atoms with E-state index in [-0.39, 0.29) is 28.5 Å². The Morgan fingerprint density at radius 2 is 1.96 bits per heavy atom. The van der Waals surface area contributed by atoms with Crippen LogP contribution in [0, 0.1) is 0 Å². The highest BCUT2D eigenvalue weighted by molar-refractivity contribution is 6.33. The number of fused-ring (bicyclic) bond motifs is 1. The summed E-state index contributed by atoms with van der Waals surface area (Å²) >= 11 is 6.25. The molecule has 2 rings (SSSR count). The van der Waals surface area contributed by atoms with E-state index in [4.69, 9.17) is 27.8 Å². The Kier molecular flexibility index (Phi) is 4.26. The van der Waals surface area contributed by atoms with Gasteiger partial charge < -0.3 is 21.1 Å². The standard InChI is InChI=1S/C15H19ClN4O3/c1-7(2)20-10-6-8(12(21)19-14(17)18)5-9(16)11(10)23-15(3,4)13(20)22/h5-7H,1-4H3,(H4,17,18,19,21). The van der Waals surface area contributed by atoms with Crippen LogP contribution in [0.4, 0.5) is 5.69 Å². The number of amides is 2. The van der Waals surface area contributed by atoms with Gasteiger partial charge in [-0.15, -0.1) is 0 Å². The third-order valence-corrected chi connectivity index (χ3v) is 3.65. The fraction of sp³-hybridized carbons (Fsp3) is 0.400. The summed E-state index contributed by atoms with van der Waals surface area (Å²) in [5.74, 6) is -0.859. The van der Waals surface area contributed by atoms with E-state index in [1.165, 1.54) is 12.1 Å². The zero-order chi connectivity index (χ0) is 17.5. The lowest BCUT2D eigenvalue weighted by atomic mass is 10.0. The van der Waals surface area contributed by atoms with Gasteiger partial charge in [-0.1, -0.05) is 11.6 Å². The molecule has 0 radical (unpaired) electrons. The molecular weight excluding hydrogens is 320 g/mol. The Hall–Kier alpha value is -2.28. The lowest BCUT2D eigenvalue weighted by Gasteiger charge is -2.41. The van der Waals surface area contributed by atoms with E-state index >= 15 is 0 Å². The first-order chi connectivity index (χ1) is 10.5. The van der Waals surface area contributed by atoms with E-state index in [0.29, 0.717) is 11.4 Å². The van der Waals surface area contributed by atoms with Crippen LogP contribution >= 0.6 is 11.6 Å². The van der Waals surface area contributed by atoms with Gasteiger partial charge in [-0.05, 0) is 39.8 Å². The zero-order valence-electron chi connectivity index (χ0n) is 13.4. The van der Waals surface area contributed by atoms with Crippen molar-refractivity contribution >= 4 is 35.1 Å². The number of carbonyl (C=O) groups is 2. The third-order valence-electron chi connectivity index (χ3n) is 3.37. The molecule has 0 aliphatic carbocycles. The van der Waals surface area contributed by atoms with Crippen molar-refractivity contribution in [3.63, 3.8) is 0 Å². The van der Waals surface area contributed by atoms with Crippen LogP contribution in [0.15, 0.2) is 17.1 Å². The second-order valence-electron chi connectivity index (χ2n) is 6.03. The molecule has 1 aromatic carbocycles. The molecule has 7 nitrogen and oxygen atoms in total. The smallest absolute Gasteiger partial charge is 0.280 e. The summed E-state index contributed by atoms with van der Waals surface area (Å²) in [6.07, 6.45) is 0. The molecule has 0 saturated carbocycles. The molecule has 0 fully saturated rings. The number of hydrogen-bond acceptors (Lipinski definition) is 3. The highest BCUT2D eigenvalue weighted by Gasteiger charge is 2.43. The molecular formula is C15H19ClN4O3. The molecule has 0 saturated heterocycles. The number of aliphatic imine (C=N–C) groups is 1. The molecule has 1 heterocycles. The van der Waals surface area contributed by atoms with Crippen molar-refractivity contribution < 1.29 is 14.3 Å². The second-order valence-corrected chi connectivity index (χ2v) is 6.44. The van der Waals surface area contributed by atoms with Crippen molar-refractivity contribution in [1.82, 2.24) is 0 Å². The maximum atomic E-state index is 12.6. The fourth-order valence-electron chi connectivity index (χ4n) is 2.38. The number of nitrogens with two attached hydrogens (primary N) is 2. The van der Waals surface area contributed by atoms with Crippen LogP contribution in [0.2, 0.25) is 5.02 Å². The molecule has 0 spiro atoms. The SMILES string of the molecule is CC(C)N1C(=O)C(C)(C)Oc2c(Cl)cc(C(=O)N=C(N)N)cc21. The van der Waals surface area contributed by atoms with Gasteiger partial charge in [0.2, 0.25) is 0 Å². The summed E-state index contributed by atoms with van der Waals surface area (Å²) in [7, 11) is 0. The van der Waals surface area contributed by atoms with E-state index in [2.05, 4.69) is 4.99 Å². The first kappa shape index (κ1) is 17.1. The Balaban J connectivity index is 2.64. The number of nitrogens with zero attached hydrogens (tertiary/aromatic N) is 2. The number of rotatable bonds is 2. The average Bonchev–Trinajstić information content (AvgIpc) is 2.39. The first-order valence-electron chi connectivity index (χ1n) is 7.04. The van der Waals surface area contributed by atoms with Crippen molar-refractivity contribution in [3.05, 3.63) is 22.7 Å². The predicted molar refractivity (Wildman–Crippen MR) is 88.9 cm³/mol. The zero-order valence-corrected chi connectivity index (χ0v) is 14.1. The van der Waals surface area contributed by atoms with Gasteiger partial charge in [-0.3, -0.25) is 9.59 Å². The van der Waals surface area contributed by atoms with Gasteiger partial charge in [0.25, 0.3) is 11.8 Å². The molecule has 4 N–H and O–H groups in total. The summed E-state index contributed by atoms with van der Waals surface area (Å²) in [5.41, 5.74) is 9.99. The van der Waals surface area contributed by atoms with Crippen LogP contribution < -0.4 is 21.1 Å². The minimum absolute atomic E-state index is 0.145. The van der Waals surface area contributed by atoms with Crippen LogP contribution in [-0.4, -0.2) is 29.4 Å². The number of anilines is 1. The van der Waals surface area contributed by atoms with E-state index in [0.717, 1.165) is 0 Å². The molecule has 0 atom stereocenters. The number of ether oxygens (including phenoxy) is 1. The Morgan fingerprint density at radius 3 is 2.48 bits per heavy atom. The van der Waals surface area contributed by atoms with Gasteiger partial charge in [0.1, 0.15) is 0 Å². The van der Waals surface area contributed by atoms with Crippen molar-refractivity contribution in [1.29, 1.82) is 0 Å². The Labute approximate surface area is 139 Å². The number of carbonyl (C=O) groups excluding carboxylic acids is 2. The minimum Gasteiger partial charge on any atom is -0.474 e. The number of hydrogen-bond donors (Lipinski definition) is 2. The molecule has 23 heavy (non-hydrogen) atoms. The number of halogens is 1. The second kappa shape index (κ2) is 5.73. The predicted octanol–water partition coefficient (Wildman–Crippen LogP) is 1.67. The molecule has 2 amide bonds. The van der Waals surface area contributed by atoms with Gasteiger partial charge in [-0.25, -0.2) is 0 Å². The maximum absolute atomic E-state index is 12.6. The van der Waals surface area contributed by atoms with Gasteiger partial charge in [0.15, 0.2) is 17.3 Å². The van der Waals surface area contributed by atoms with Crippen LogP contribution in [0.3, 0.4) is 0 Å². The lowest BCUT2D eigenvalue weighted by Crippen LogP contribution is -2.54. The van der Waals surface area contributed by atoms with Crippen LogP contribution in [0.25, 0.3) is 0 Å². The molecule has 0 unspecified atom stereocenters. The quantitative estimate of drug-likeness (QED) is 0.629. The highest BCUT2D eigenvalue weighted by atomic mass is 35.5. The molecule has 0 aromatic heterocycles. The lowest BCUT2D eigenvalue weighted by molar-refractivity contribution is -0.133. The molecule has 1 aliphatic rings. The molecule has 1 aromatic rings. The van der Waals surface area contributed by atoms with Crippen LogP contribution in [0.5, 0.6) is 5.75 Å². The van der Waals surface area contributed by atoms with E-state index < -0.39 is 11.5 Å². The third kappa shape index (κ3) is 3.10. The minimum atomic E-state index is -1.05. The van der Waals surface area contributed by atoms with Gasteiger partial charge >= 0.3 is 0 Å². The molecule has 0 bridgehead atoms. The first-order valence-corrected chi connectivity index (χ1v) is 7.42. The average molecular weight is 339 g/mol. The largest absolute Gasteiger partial charge is 0.474 e. The Bertz CT molecular complexity index is 709. The summed E-state index contributed by atoms with van der Waals surface area (Å²) < 4.78 is 5.74. The Morgan fingerprint density at radius 1 is 1.35 bits per heavy atom. The van der Waals surface area contributed by atoms with E-state index in [1.807, 2.05) is 13.8 Å². The van der Waals surface area contributed by atoms with E-state index in [1.54, 1.807) is 18.7 Å². The van der Waals surface area contributed by atoms with Crippen LogP contribution in [0.1, 0.15) is 38.1 Å². The normalized spacial score (nSPS) is 15.9. The molecule has 8 heteroatoms. The monoisotopic (exact) mass is 338 g/mol. The molecule has 124 valence electrons. The summed E-state index contributed by atoms with van der Waals surface area (Å²) in [6, 6.07) is 2.77. The van der Waals surface area contributed by atoms with Gasteiger partial charge in [0, 0.05) is 11.6 Å². The summed E-state index contributed by atoms with van der Waals surface area (Å²) in [5, 5.41) is 0.211. The number of benzene rings is 1.